The van der Waals surface area contributed by atoms with Crippen LogP contribution in [0.1, 0.15) is 12.8 Å². The van der Waals surface area contributed by atoms with Gasteiger partial charge in [0.1, 0.15) is 0 Å². The van der Waals surface area contributed by atoms with Gasteiger partial charge in [0.2, 0.25) is 0 Å². The van der Waals surface area contributed by atoms with Gasteiger partial charge >= 0.3 is 12.0 Å². The summed E-state index contributed by atoms with van der Waals surface area (Å²) in [5.74, 6) is -0.677. The molecule has 2 nitrogen and oxygen atoms in total. The maximum absolute atomic E-state index is 11.3. The number of hydrogen-bond donors (Lipinski definition) is 0. The summed E-state index contributed by atoms with van der Waals surface area (Å²) in [6.07, 6.45) is -0.268. The molecule has 0 amide bonds. The molecule has 1 rings (SSSR count). The van der Waals surface area contributed by atoms with Gasteiger partial charge in [-0.2, -0.15) is 8.78 Å². The third-order valence-electron chi connectivity index (χ3n) is 1.17. The van der Waals surface area contributed by atoms with Crippen LogP contribution in [-0.4, -0.2) is 5.97 Å². The van der Waals surface area contributed by atoms with Crippen molar-refractivity contribution in [1.82, 2.24) is 0 Å². The first kappa shape index (κ1) is 7.18. The number of ether oxygens (including phenoxy) is 1. The molecule has 0 spiro atoms. The highest BCUT2D eigenvalue weighted by atomic mass is 19.3. The lowest BCUT2D eigenvalue weighted by molar-refractivity contribution is -0.139. The minimum atomic E-state index is -1.98. The van der Waals surface area contributed by atoms with Gasteiger partial charge in [0.25, 0.3) is 0 Å². The third-order valence-corrected chi connectivity index (χ3v) is 1.17. The van der Waals surface area contributed by atoms with Crippen LogP contribution < -0.4 is 0 Å². The third kappa shape index (κ3) is 2.13. The summed E-state index contributed by atoms with van der Waals surface area (Å²) in [6.45, 7) is 0. The van der Waals surface area contributed by atoms with Gasteiger partial charge in [-0.3, -0.25) is 4.79 Å². The zero-order valence-electron chi connectivity index (χ0n) is 5.14. The van der Waals surface area contributed by atoms with E-state index in [2.05, 4.69) is 4.74 Å². The fraction of sp³-hybridized carbons (Fsp3) is 0.500. The average Bonchev–Trinajstić information content (AvgIpc) is 2.63. The van der Waals surface area contributed by atoms with Crippen LogP contribution in [-0.2, 0) is 9.53 Å². The first-order chi connectivity index (χ1) is 4.70. The van der Waals surface area contributed by atoms with Gasteiger partial charge in [0.05, 0.1) is 5.92 Å². The van der Waals surface area contributed by atoms with E-state index in [4.69, 9.17) is 0 Å². The van der Waals surface area contributed by atoms with Crippen molar-refractivity contribution in [2.75, 3.05) is 0 Å². The summed E-state index contributed by atoms with van der Waals surface area (Å²) in [7, 11) is 0. The molecule has 1 aliphatic rings. The molecule has 0 heterocycles. The van der Waals surface area contributed by atoms with Crippen molar-refractivity contribution in [2.45, 2.75) is 12.8 Å². The molecule has 0 atom stereocenters. The lowest BCUT2D eigenvalue weighted by Gasteiger charge is -1.92. The summed E-state index contributed by atoms with van der Waals surface area (Å²) in [5, 5.41) is 0. The lowest BCUT2D eigenvalue weighted by atomic mass is 10.4. The van der Waals surface area contributed by atoms with E-state index >= 15 is 0 Å². The molecular formula is C6H6F2O2. The molecule has 0 saturated heterocycles. The summed E-state index contributed by atoms with van der Waals surface area (Å²) in [6, 6.07) is 0. The van der Waals surface area contributed by atoms with Crippen molar-refractivity contribution in [2.24, 2.45) is 5.92 Å². The molecular weight excluding hydrogens is 142 g/mol. The molecule has 0 bridgehead atoms. The topological polar surface area (TPSA) is 26.3 Å². The number of carbonyl (C=O) groups is 1. The molecule has 1 aliphatic carbocycles. The standard InChI is InChI=1S/C6H6F2O2/c7-5(8)3-10-6(9)4-1-2-4/h3-4H,1-2H2. The summed E-state index contributed by atoms with van der Waals surface area (Å²) < 4.78 is 26.6. The van der Waals surface area contributed by atoms with E-state index in [-0.39, 0.29) is 12.2 Å². The van der Waals surface area contributed by atoms with Crippen molar-refractivity contribution in [3.8, 4) is 0 Å². The molecule has 0 aliphatic heterocycles. The van der Waals surface area contributed by atoms with E-state index in [0.717, 1.165) is 12.8 Å². The highest BCUT2D eigenvalue weighted by Crippen LogP contribution is 2.30. The Hall–Kier alpha value is -0.930. The highest BCUT2D eigenvalue weighted by molar-refractivity contribution is 5.75. The molecule has 10 heavy (non-hydrogen) atoms. The van der Waals surface area contributed by atoms with Gasteiger partial charge in [-0.25, -0.2) is 0 Å². The Bertz CT molecular complexity index is 169. The molecule has 56 valence electrons. The number of carbonyl (C=O) groups excluding carboxylic acids is 1. The highest BCUT2D eigenvalue weighted by Gasteiger charge is 2.30. The second kappa shape index (κ2) is 2.77. The molecule has 0 radical (unpaired) electrons. The number of rotatable bonds is 2. The maximum atomic E-state index is 11.3. The van der Waals surface area contributed by atoms with E-state index in [1.165, 1.54) is 0 Å². The van der Waals surface area contributed by atoms with Crippen LogP contribution in [0.4, 0.5) is 8.78 Å². The molecule has 0 aromatic carbocycles. The first-order valence-electron chi connectivity index (χ1n) is 2.92. The minimum absolute atomic E-state index is 0.129. The van der Waals surface area contributed by atoms with E-state index in [9.17, 15) is 13.6 Å². The largest absolute Gasteiger partial charge is 0.429 e. The number of hydrogen-bond acceptors (Lipinski definition) is 2. The zero-order valence-corrected chi connectivity index (χ0v) is 5.14. The normalized spacial score (nSPS) is 16.2. The quantitative estimate of drug-likeness (QED) is 0.440. The van der Waals surface area contributed by atoms with Crippen LogP contribution in [0.15, 0.2) is 12.3 Å². The first-order valence-corrected chi connectivity index (χ1v) is 2.92. The Kier molecular flexibility index (Phi) is 1.99. The summed E-state index contributed by atoms with van der Waals surface area (Å²) in [4.78, 5) is 10.5. The molecule has 1 saturated carbocycles. The molecule has 0 unspecified atom stereocenters. The molecule has 1 fully saturated rings. The van der Waals surface area contributed by atoms with E-state index in [1.54, 1.807) is 0 Å². The summed E-state index contributed by atoms with van der Waals surface area (Å²) >= 11 is 0. The van der Waals surface area contributed by atoms with Crippen molar-refractivity contribution < 1.29 is 18.3 Å². The van der Waals surface area contributed by atoms with Crippen LogP contribution in [0.2, 0.25) is 0 Å². The fourth-order valence-corrected chi connectivity index (χ4v) is 0.518. The Labute approximate surface area is 56.5 Å². The lowest BCUT2D eigenvalue weighted by Crippen LogP contribution is -2.00. The van der Waals surface area contributed by atoms with Crippen molar-refractivity contribution in [1.29, 1.82) is 0 Å². The Morgan fingerprint density at radius 2 is 2.10 bits per heavy atom. The molecule has 4 heteroatoms. The van der Waals surface area contributed by atoms with Gasteiger partial charge in [-0.1, -0.05) is 0 Å². The van der Waals surface area contributed by atoms with Gasteiger partial charge in [-0.15, -0.1) is 0 Å². The number of esters is 1. The van der Waals surface area contributed by atoms with Crippen molar-refractivity contribution in [3.63, 3.8) is 0 Å². The van der Waals surface area contributed by atoms with Crippen molar-refractivity contribution in [3.05, 3.63) is 12.3 Å². The predicted octanol–water partition coefficient (Wildman–Crippen LogP) is 1.68. The number of halogens is 2. The molecule has 0 aromatic heterocycles. The second-order valence-corrected chi connectivity index (χ2v) is 2.12. The van der Waals surface area contributed by atoms with Crippen LogP contribution in [0.5, 0.6) is 0 Å². The van der Waals surface area contributed by atoms with Gasteiger partial charge in [0, 0.05) is 0 Å². The summed E-state index contributed by atoms with van der Waals surface area (Å²) in [5.41, 5.74) is 0. The molecule has 0 N–H and O–H groups in total. The minimum Gasteiger partial charge on any atom is -0.429 e. The Morgan fingerprint density at radius 1 is 1.50 bits per heavy atom. The van der Waals surface area contributed by atoms with Gasteiger partial charge in [-0.05, 0) is 12.8 Å². The smallest absolute Gasteiger partial charge is 0.313 e. The SMILES string of the molecule is O=C(OC=C(F)F)C1CC1. The van der Waals surface area contributed by atoms with Crippen LogP contribution in [0.25, 0.3) is 0 Å². The van der Waals surface area contributed by atoms with Crippen LogP contribution in [0, 0.1) is 5.92 Å². The van der Waals surface area contributed by atoms with Crippen LogP contribution in [0.3, 0.4) is 0 Å². The van der Waals surface area contributed by atoms with Crippen molar-refractivity contribution >= 4 is 5.97 Å². The zero-order chi connectivity index (χ0) is 7.56. The van der Waals surface area contributed by atoms with E-state index in [0.29, 0.717) is 0 Å². The van der Waals surface area contributed by atoms with Gasteiger partial charge in [0.15, 0.2) is 6.26 Å². The average molecular weight is 148 g/mol. The Morgan fingerprint density at radius 3 is 2.50 bits per heavy atom. The Balaban J connectivity index is 2.24. The molecule has 0 aromatic rings. The van der Waals surface area contributed by atoms with E-state index < -0.39 is 12.0 Å². The van der Waals surface area contributed by atoms with E-state index in [1.807, 2.05) is 0 Å². The van der Waals surface area contributed by atoms with Gasteiger partial charge < -0.3 is 4.74 Å². The monoisotopic (exact) mass is 148 g/mol. The van der Waals surface area contributed by atoms with Crippen LogP contribution >= 0.6 is 0 Å². The maximum Gasteiger partial charge on any atom is 0.313 e. The fourth-order valence-electron chi connectivity index (χ4n) is 0.518. The predicted molar refractivity (Wildman–Crippen MR) is 29.1 cm³/mol. The second-order valence-electron chi connectivity index (χ2n) is 2.12.